The first-order valence-electron chi connectivity index (χ1n) is 9.84. The molecule has 0 aliphatic rings. The van der Waals surface area contributed by atoms with Crippen LogP contribution in [0.1, 0.15) is 17.5 Å². The van der Waals surface area contributed by atoms with Crippen molar-refractivity contribution in [2.45, 2.75) is 26.1 Å². The molecule has 6 heteroatoms. The van der Waals surface area contributed by atoms with Gasteiger partial charge in [0.1, 0.15) is 12.4 Å². The van der Waals surface area contributed by atoms with Crippen LogP contribution in [0.15, 0.2) is 79.4 Å². The van der Waals surface area contributed by atoms with Crippen molar-refractivity contribution in [1.29, 1.82) is 0 Å². The number of aromatic nitrogens is 2. The fourth-order valence-corrected chi connectivity index (χ4v) is 3.52. The van der Waals surface area contributed by atoms with E-state index in [1.807, 2.05) is 43.0 Å². The van der Waals surface area contributed by atoms with Crippen LogP contribution in [0.4, 0.5) is 0 Å². The largest absolute Gasteiger partial charge is 0.489 e. The molecule has 4 nitrogen and oxygen atoms in total. The van der Waals surface area contributed by atoms with Crippen LogP contribution < -0.4 is 10.1 Å². The molecule has 0 atom stereocenters. The van der Waals surface area contributed by atoms with Gasteiger partial charge in [0.2, 0.25) is 0 Å². The molecule has 1 N–H and O–H groups in total. The molecule has 0 saturated carbocycles. The van der Waals surface area contributed by atoms with Crippen molar-refractivity contribution < 1.29 is 4.74 Å². The smallest absolute Gasteiger partial charge is 0.124 e. The number of halogens is 2. The number of aryl methyl sites for hydroxylation is 1. The molecule has 0 unspecified atom stereocenters. The zero-order chi connectivity index (χ0) is 19.9. The molecule has 0 saturated heterocycles. The molecule has 0 aliphatic carbocycles. The Labute approximate surface area is 188 Å². The normalized spacial score (nSPS) is 10.7. The quantitative estimate of drug-likeness (QED) is 0.330. The van der Waals surface area contributed by atoms with E-state index in [-0.39, 0.29) is 12.4 Å². The summed E-state index contributed by atoms with van der Waals surface area (Å²) in [7, 11) is 0. The van der Waals surface area contributed by atoms with Crippen molar-refractivity contribution in [3.8, 4) is 5.75 Å². The first-order valence-corrected chi connectivity index (χ1v) is 10.2. The van der Waals surface area contributed by atoms with Gasteiger partial charge in [-0.3, -0.25) is 0 Å². The van der Waals surface area contributed by atoms with Crippen molar-refractivity contribution in [3.05, 3.63) is 95.5 Å². The lowest BCUT2D eigenvalue weighted by atomic mass is 10.0. The first kappa shape index (κ1) is 22.2. The van der Waals surface area contributed by atoms with Gasteiger partial charge in [-0.15, -0.1) is 12.4 Å². The number of imidazole rings is 1. The number of rotatable bonds is 9. The summed E-state index contributed by atoms with van der Waals surface area (Å²) >= 11 is 5.98. The number of nitrogens with one attached hydrogen (secondary N) is 1. The van der Waals surface area contributed by atoms with Crippen molar-refractivity contribution in [3.63, 3.8) is 0 Å². The second-order valence-corrected chi connectivity index (χ2v) is 7.45. The molecule has 1 heterocycles. The number of hydrogen-bond acceptors (Lipinski definition) is 3. The van der Waals surface area contributed by atoms with E-state index in [0.29, 0.717) is 6.61 Å². The molecule has 0 aliphatic heterocycles. The van der Waals surface area contributed by atoms with Gasteiger partial charge in [-0.25, -0.2) is 4.98 Å². The zero-order valence-electron chi connectivity index (χ0n) is 16.6. The third-order valence-corrected chi connectivity index (χ3v) is 5.19. The van der Waals surface area contributed by atoms with E-state index in [2.05, 4.69) is 51.3 Å². The van der Waals surface area contributed by atoms with Crippen LogP contribution in [0.2, 0.25) is 5.02 Å². The average molecular weight is 442 g/mol. The molecule has 0 bridgehead atoms. The van der Waals surface area contributed by atoms with Crippen LogP contribution in [0.3, 0.4) is 0 Å². The summed E-state index contributed by atoms with van der Waals surface area (Å²) in [6.07, 6.45) is 6.71. The van der Waals surface area contributed by atoms with Crippen molar-refractivity contribution >= 4 is 34.8 Å². The second-order valence-electron chi connectivity index (χ2n) is 7.01. The first-order chi connectivity index (χ1) is 14.3. The number of ether oxygens (including phenoxy) is 1. The van der Waals surface area contributed by atoms with Crippen LogP contribution in [0.5, 0.6) is 5.75 Å². The van der Waals surface area contributed by atoms with Crippen molar-refractivity contribution in [2.24, 2.45) is 0 Å². The number of fused-ring (bicyclic) bond motifs is 1. The molecule has 30 heavy (non-hydrogen) atoms. The predicted octanol–water partition coefficient (Wildman–Crippen LogP) is 5.87. The molecule has 3 aromatic carbocycles. The van der Waals surface area contributed by atoms with Gasteiger partial charge < -0.3 is 14.6 Å². The summed E-state index contributed by atoms with van der Waals surface area (Å²) in [4.78, 5) is 4.08. The standard InChI is InChI=1S/C24H24ClN3O.ClH/c25-21-9-6-19(7-10-21)17-29-24-11-8-20-4-1-2-5-22(20)23(24)16-26-12-3-14-28-15-13-27-18-28;/h1-2,4-11,13,15,18,26H,3,12,14,16-17H2;1H. The van der Waals surface area contributed by atoms with Gasteiger partial charge in [-0.2, -0.15) is 0 Å². The van der Waals surface area contributed by atoms with E-state index in [1.165, 1.54) is 16.3 Å². The van der Waals surface area contributed by atoms with E-state index in [4.69, 9.17) is 16.3 Å². The van der Waals surface area contributed by atoms with Crippen LogP contribution in [-0.4, -0.2) is 16.1 Å². The van der Waals surface area contributed by atoms with Gasteiger partial charge in [0.25, 0.3) is 0 Å². The minimum atomic E-state index is 0. The van der Waals surface area contributed by atoms with Crippen LogP contribution >= 0.6 is 24.0 Å². The number of hydrogen-bond donors (Lipinski definition) is 1. The molecule has 4 rings (SSSR count). The number of nitrogens with zero attached hydrogens (tertiary/aromatic N) is 2. The second kappa shape index (κ2) is 11.0. The Morgan fingerprint density at radius 1 is 1.00 bits per heavy atom. The Hall–Kier alpha value is -2.53. The Morgan fingerprint density at radius 3 is 2.63 bits per heavy atom. The number of benzene rings is 3. The van der Waals surface area contributed by atoms with Gasteiger partial charge >= 0.3 is 0 Å². The van der Waals surface area contributed by atoms with Crippen LogP contribution in [0, 0.1) is 0 Å². The molecule has 0 fully saturated rings. The van der Waals surface area contributed by atoms with Gasteiger partial charge in [-0.05, 0) is 47.5 Å². The molecule has 4 aromatic rings. The average Bonchev–Trinajstić information content (AvgIpc) is 3.27. The molecule has 1 aromatic heterocycles. The molecular weight excluding hydrogens is 417 g/mol. The minimum Gasteiger partial charge on any atom is -0.489 e. The fraction of sp³-hybridized carbons (Fsp3) is 0.208. The fourth-order valence-electron chi connectivity index (χ4n) is 3.39. The van der Waals surface area contributed by atoms with Gasteiger partial charge in [0.05, 0.1) is 6.33 Å². The highest BCUT2D eigenvalue weighted by molar-refractivity contribution is 6.30. The maximum atomic E-state index is 6.19. The summed E-state index contributed by atoms with van der Waals surface area (Å²) in [5.74, 6) is 0.917. The highest BCUT2D eigenvalue weighted by Gasteiger charge is 2.09. The van der Waals surface area contributed by atoms with E-state index in [1.54, 1.807) is 0 Å². The predicted molar refractivity (Wildman–Crippen MR) is 126 cm³/mol. The van der Waals surface area contributed by atoms with E-state index in [0.717, 1.165) is 42.4 Å². The monoisotopic (exact) mass is 441 g/mol. The van der Waals surface area contributed by atoms with Crippen LogP contribution in [-0.2, 0) is 19.7 Å². The third kappa shape index (κ3) is 5.76. The molecule has 0 radical (unpaired) electrons. The lowest BCUT2D eigenvalue weighted by Gasteiger charge is -2.15. The summed E-state index contributed by atoms with van der Waals surface area (Å²) in [5.41, 5.74) is 2.29. The zero-order valence-corrected chi connectivity index (χ0v) is 18.2. The van der Waals surface area contributed by atoms with Crippen LogP contribution in [0.25, 0.3) is 10.8 Å². The summed E-state index contributed by atoms with van der Waals surface area (Å²) < 4.78 is 8.29. The Morgan fingerprint density at radius 2 is 1.83 bits per heavy atom. The van der Waals surface area contributed by atoms with E-state index in [9.17, 15) is 0 Å². The highest BCUT2D eigenvalue weighted by Crippen LogP contribution is 2.29. The topological polar surface area (TPSA) is 39.1 Å². The maximum absolute atomic E-state index is 6.19. The van der Waals surface area contributed by atoms with Gasteiger partial charge in [-0.1, -0.05) is 54.1 Å². The summed E-state index contributed by atoms with van der Waals surface area (Å²) in [6, 6.07) is 20.4. The highest BCUT2D eigenvalue weighted by atomic mass is 35.5. The molecule has 0 amide bonds. The molecular formula is C24H25Cl2N3O. The molecule has 156 valence electrons. The van der Waals surface area contributed by atoms with Crippen molar-refractivity contribution in [1.82, 2.24) is 14.9 Å². The lowest BCUT2D eigenvalue weighted by Crippen LogP contribution is -2.17. The maximum Gasteiger partial charge on any atom is 0.124 e. The minimum absolute atomic E-state index is 0. The summed E-state index contributed by atoms with van der Waals surface area (Å²) in [6.45, 7) is 3.17. The lowest BCUT2D eigenvalue weighted by molar-refractivity contribution is 0.302. The van der Waals surface area contributed by atoms with E-state index >= 15 is 0 Å². The summed E-state index contributed by atoms with van der Waals surface area (Å²) in [5, 5.41) is 6.76. The Kier molecular flexibility index (Phi) is 8.14. The SMILES string of the molecule is Cl.Clc1ccc(COc2ccc3ccccc3c2CNCCCn2ccnc2)cc1. The van der Waals surface area contributed by atoms with Crippen molar-refractivity contribution in [2.75, 3.05) is 6.54 Å². The van der Waals surface area contributed by atoms with Gasteiger partial charge in [0, 0.05) is 36.1 Å². The van der Waals surface area contributed by atoms with Gasteiger partial charge in [0.15, 0.2) is 0 Å². The third-order valence-electron chi connectivity index (χ3n) is 4.94. The van der Waals surface area contributed by atoms with E-state index < -0.39 is 0 Å². The molecule has 0 spiro atoms. The Balaban J connectivity index is 0.00000256. The Bertz CT molecular complexity index is 1050.